The molecule has 0 rings (SSSR count). The molecule has 0 bridgehead atoms. The molecule has 1 N–H and O–H groups in total. The second kappa shape index (κ2) is 7.93. The third-order valence-electron chi connectivity index (χ3n) is 3.70. The lowest BCUT2D eigenvalue weighted by atomic mass is 9.93. The SMILES string of the molecule is OC(CCC(F)(F)C(F)(F)C(F)(F)C(F)(F)F)CC(F)(F)C(F)(F)C(F)(F)C(F)(F)F. The van der Waals surface area contributed by atoms with Gasteiger partial charge in [-0.2, -0.15) is 79.0 Å². The van der Waals surface area contributed by atoms with E-state index >= 15 is 0 Å². The van der Waals surface area contributed by atoms with Crippen LogP contribution >= 0.6 is 0 Å². The van der Waals surface area contributed by atoms with Gasteiger partial charge in [-0.25, -0.2) is 0 Å². The molecule has 188 valence electrons. The van der Waals surface area contributed by atoms with E-state index in [-0.39, 0.29) is 0 Å². The van der Waals surface area contributed by atoms with Crippen molar-refractivity contribution in [2.45, 2.75) is 73.3 Å². The minimum absolute atomic E-state index is 2.40. The molecule has 0 aromatic carbocycles. The van der Waals surface area contributed by atoms with Crippen LogP contribution in [0.2, 0.25) is 0 Å². The lowest BCUT2D eigenvalue weighted by Crippen LogP contribution is -2.61. The van der Waals surface area contributed by atoms with E-state index in [2.05, 4.69) is 0 Å². The number of aliphatic hydroxyl groups excluding tert-OH is 1. The average molecular weight is 510 g/mol. The maximum Gasteiger partial charge on any atom is 0.460 e. The van der Waals surface area contributed by atoms with E-state index in [0.29, 0.717) is 0 Å². The maximum atomic E-state index is 13.2. The number of aliphatic hydroxyl groups is 1. The molecule has 31 heavy (non-hydrogen) atoms. The van der Waals surface area contributed by atoms with E-state index in [1.807, 2.05) is 0 Å². The van der Waals surface area contributed by atoms with Gasteiger partial charge >= 0.3 is 47.9 Å². The summed E-state index contributed by atoms with van der Waals surface area (Å²) in [6.07, 6.45) is -26.7. The van der Waals surface area contributed by atoms with Crippen molar-refractivity contribution in [2.24, 2.45) is 0 Å². The van der Waals surface area contributed by atoms with Crippen LogP contribution in [0.1, 0.15) is 19.3 Å². The predicted molar refractivity (Wildman–Crippen MR) is 61.6 cm³/mol. The minimum Gasteiger partial charge on any atom is -0.393 e. The van der Waals surface area contributed by atoms with Crippen molar-refractivity contribution < 1.29 is 84.1 Å². The number of rotatable bonds is 9. The third kappa shape index (κ3) is 5.04. The largest absolute Gasteiger partial charge is 0.460 e. The molecule has 0 aromatic rings. The second-order valence-corrected chi connectivity index (χ2v) is 6.10. The maximum absolute atomic E-state index is 13.2. The smallest absolute Gasteiger partial charge is 0.393 e. The van der Waals surface area contributed by atoms with Gasteiger partial charge in [0.2, 0.25) is 0 Å². The summed E-state index contributed by atoms with van der Waals surface area (Å²) in [6.45, 7) is 0. The zero-order valence-corrected chi connectivity index (χ0v) is 13.9. The number of hydrogen-bond donors (Lipinski definition) is 1. The fraction of sp³-hybridized carbons (Fsp3) is 1.00. The zero-order valence-electron chi connectivity index (χ0n) is 13.9. The van der Waals surface area contributed by atoms with Gasteiger partial charge in [0.15, 0.2) is 0 Å². The van der Waals surface area contributed by atoms with Crippen molar-refractivity contribution in [1.29, 1.82) is 0 Å². The Morgan fingerprint density at radius 1 is 0.452 bits per heavy atom. The van der Waals surface area contributed by atoms with Crippen LogP contribution in [-0.4, -0.2) is 59.1 Å². The third-order valence-corrected chi connectivity index (χ3v) is 3.70. The van der Waals surface area contributed by atoms with Crippen molar-refractivity contribution >= 4 is 0 Å². The topological polar surface area (TPSA) is 20.2 Å². The van der Waals surface area contributed by atoms with Crippen molar-refractivity contribution in [3.8, 4) is 0 Å². The predicted octanol–water partition coefficient (Wildman–Crippen LogP) is 6.45. The van der Waals surface area contributed by atoms with Gasteiger partial charge < -0.3 is 5.11 Å². The molecule has 0 saturated carbocycles. The summed E-state index contributed by atoms with van der Waals surface area (Å²) in [5.74, 6) is -42.4. The average Bonchev–Trinajstić information content (AvgIpc) is 2.49. The molecule has 1 atom stereocenters. The standard InChI is InChI=1S/C12H8F18O/c13-5(14,7(17,18)9(21,22)11(25,26)27)2-1-4(31)3-6(15,16)8(19,20)10(23,24)12(28,29)30/h4,31H,1-3H2. The lowest BCUT2D eigenvalue weighted by molar-refractivity contribution is -0.399. The van der Waals surface area contributed by atoms with Gasteiger partial charge in [0, 0.05) is 12.8 Å². The van der Waals surface area contributed by atoms with Gasteiger partial charge in [0.1, 0.15) is 0 Å². The quantitative estimate of drug-likeness (QED) is 0.354. The molecule has 0 aliphatic carbocycles. The van der Waals surface area contributed by atoms with Crippen molar-refractivity contribution in [1.82, 2.24) is 0 Å². The summed E-state index contributed by atoms with van der Waals surface area (Å²) in [5, 5.41) is 8.88. The van der Waals surface area contributed by atoms with Crippen LogP contribution in [0.25, 0.3) is 0 Å². The molecule has 0 aromatic heterocycles. The number of alkyl halides is 18. The molecule has 19 heteroatoms. The number of hydrogen-bond acceptors (Lipinski definition) is 1. The summed E-state index contributed by atoms with van der Waals surface area (Å²) < 4.78 is 226. The molecule has 0 aliphatic heterocycles. The highest BCUT2D eigenvalue weighted by molar-refractivity contribution is 5.02. The van der Waals surface area contributed by atoms with Gasteiger partial charge in [0.25, 0.3) is 0 Å². The first-order chi connectivity index (χ1) is 13.1. The Kier molecular flexibility index (Phi) is 7.60. The highest BCUT2D eigenvalue weighted by Crippen LogP contribution is 2.56. The monoisotopic (exact) mass is 510 g/mol. The Morgan fingerprint density at radius 2 is 0.742 bits per heavy atom. The van der Waals surface area contributed by atoms with E-state index in [9.17, 15) is 79.0 Å². The van der Waals surface area contributed by atoms with Crippen LogP contribution in [-0.2, 0) is 0 Å². The Hall–Kier alpha value is -1.30. The molecule has 0 saturated heterocycles. The normalized spacial score (nSPS) is 17.1. The molecular weight excluding hydrogens is 502 g/mol. The first-order valence-electron chi connectivity index (χ1n) is 7.18. The van der Waals surface area contributed by atoms with Crippen LogP contribution in [0.3, 0.4) is 0 Å². The van der Waals surface area contributed by atoms with Gasteiger partial charge in [-0.15, -0.1) is 0 Å². The van der Waals surface area contributed by atoms with Crippen molar-refractivity contribution in [3.63, 3.8) is 0 Å². The zero-order chi connectivity index (χ0) is 25.7. The van der Waals surface area contributed by atoms with E-state index in [1.54, 1.807) is 0 Å². The van der Waals surface area contributed by atoms with Crippen LogP contribution < -0.4 is 0 Å². The van der Waals surface area contributed by atoms with Crippen LogP contribution in [0.5, 0.6) is 0 Å². The van der Waals surface area contributed by atoms with Gasteiger partial charge in [-0.1, -0.05) is 0 Å². The summed E-state index contributed by atoms with van der Waals surface area (Å²) in [6, 6.07) is 0. The molecule has 0 fully saturated rings. The van der Waals surface area contributed by atoms with E-state index in [4.69, 9.17) is 5.11 Å². The first kappa shape index (κ1) is 29.7. The molecule has 1 nitrogen and oxygen atoms in total. The minimum atomic E-state index is -7.44. The Morgan fingerprint density at radius 3 is 1.03 bits per heavy atom. The fourth-order valence-corrected chi connectivity index (χ4v) is 1.85. The molecular formula is C12H8F18O. The summed E-state index contributed by atoms with van der Waals surface area (Å²) in [4.78, 5) is 0. The van der Waals surface area contributed by atoms with Gasteiger partial charge in [-0.3, -0.25) is 0 Å². The summed E-state index contributed by atoms with van der Waals surface area (Å²) in [5.41, 5.74) is 0. The van der Waals surface area contributed by atoms with Crippen LogP contribution in [0.15, 0.2) is 0 Å². The molecule has 0 aliphatic rings. The summed E-state index contributed by atoms with van der Waals surface area (Å²) >= 11 is 0. The van der Waals surface area contributed by atoms with Crippen molar-refractivity contribution in [2.75, 3.05) is 0 Å². The Balaban J connectivity index is 5.54. The van der Waals surface area contributed by atoms with Gasteiger partial charge in [0.05, 0.1) is 6.10 Å². The molecule has 1 unspecified atom stereocenters. The first-order valence-corrected chi connectivity index (χ1v) is 7.18. The Bertz CT molecular complexity index is 614. The van der Waals surface area contributed by atoms with E-state index in [1.165, 1.54) is 0 Å². The molecule has 0 heterocycles. The van der Waals surface area contributed by atoms with E-state index in [0.717, 1.165) is 0 Å². The summed E-state index contributed by atoms with van der Waals surface area (Å²) in [7, 11) is 0. The van der Waals surface area contributed by atoms with Crippen LogP contribution in [0, 0.1) is 0 Å². The van der Waals surface area contributed by atoms with Crippen molar-refractivity contribution in [3.05, 3.63) is 0 Å². The molecule has 0 amide bonds. The van der Waals surface area contributed by atoms with Crippen LogP contribution in [0.4, 0.5) is 79.0 Å². The second-order valence-electron chi connectivity index (χ2n) is 6.10. The fourth-order valence-electron chi connectivity index (χ4n) is 1.85. The van der Waals surface area contributed by atoms with Gasteiger partial charge in [-0.05, 0) is 6.42 Å². The molecule has 0 radical (unpaired) electrons. The molecule has 0 spiro atoms. The highest BCUT2D eigenvalue weighted by atomic mass is 19.4. The van der Waals surface area contributed by atoms with E-state index < -0.39 is 73.3 Å². The lowest BCUT2D eigenvalue weighted by Gasteiger charge is -2.35. The Labute approximate surface area is 159 Å². The highest BCUT2D eigenvalue weighted by Gasteiger charge is 2.82. The number of halogens is 18.